The van der Waals surface area contributed by atoms with Crippen molar-refractivity contribution >= 4 is 22.4 Å². The predicted octanol–water partition coefficient (Wildman–Crippen LogP) is 2.82. The minimum absolute atomic E-state index is 0.0872. The number of rotatable bonds is 7. The molecule has 0 aliphatic heterocycles. The smallest absolute Gasteiger partial charge is 0.224 e. The maximum absolute atomic E-state index is 11.7. The molecule has 1 amide bonds. The highest BCUT2D eigenvalue weighted by molar-refractivity contribution is 7.85. The average molecular weight is 292 g/mol. The monoisotopic (exact) mass is 292 g/mol. The Balaban J connectivity index is 2.33. The first-order valence-corrected chi connectivity index (χ1v) is 8.12. The number of benzene rings is 1. The fourth-order valence-electron chi connectivity index (χ4n) is 1.61. The molecule has 2 atom stereocenters. The van der Waals surface area contributed by atoms with E-state index >= 15 is 0 Å². The van der Waals surface area contributed by atoms with E-state index in [4.69, 9.17) is 5.26 Å². The molecule has 1 rings (SSSR count). The summed E-state index contributed by atoms with van der Waals surface area (Å²) in [6.45, 7) is 3.98. The largest absolute Gasteiger partial charge is 0.326 e. The molecule has 0 aromatic heterocycles. The minimum Gasteiger partial charge on any atom is -0.326 e. The Morgan fingerprint density at radius 1 is 1.40 bits per heavy atom. The number of amides is 1. The van der Waals surface area contributed by atoms with Crippen molar-refractivity contribution < 1.29 is 9.00 Å². The van der Waals surface area contributed by atoms with E-state index in [9.17, 15) is 9.00 Å². The van der Waals surface area contributed by atoms with Crippen molar-refractivity contribution in [1.82, 2.24) is 0 Å². The molecule has 0 spiro atoms. The first-order chi connectivity index (χ1) is 9.56. The van der Waals surface area contributed by atoms with Gasteiger partial charge < -0.3 is 5.32 Å². The summed E-state index contributed by atoms with van der Waals surface area (Å²) in [5.41, 5.74) is 1.24. The van der Waals surface area contributed by atoms with Gasteiger partial charge in [0.05, 0.1) is 11.6 Å². The molecule has 0 saturated heterocycles. The molecular formula is C15H20N2O2S. The third-order valence-corrected chi connectivity index (χ3v) is 4.99. The molecule has 1 aromatic rings. The van der Waals surface area contributed by atoms with Crippen LogP contribution in [0.15, 0.2) is 24.3 Å². The van der Waals surface area contributed by atoms with E-state index in [0.717, 1.165) is 6.42 Å². The Bertz CT molecular complexity index is 506. The Hall–Kier alpha value is -1.67. The molecule has 1 aromatic carbocycles. The number of carbonyl (C=O) groups is 1. The molecule has 0 radical (unpaired) electrons. The van der Waals surface area contributed by atoms with Crippen LogP contribution in [-0.2, 0) is 15.6 Å². The summed E-state index contributed by atoms with van der Waals surface area (Å²) in [5.74, 6) is 0.478. The SMILES string of the molecule is CCC(C)S(=O)CCCC(=O)Nc1ccc(C#N)cc1. The van der Waals surface area contributed by atoms with Crippen LogP contribution in [0.4, 0.5) is 5.69 Å². The molecule has 4 nitrogen and oxygen atoms in total. The molecule has 5 heteroatoms. The second-order valence-corrected chi connectivity index (χ2v) is 6.62. The predicted molar refractivity (Wildman–Crippen MR) is 81.8 cm³/mol. The Labute approximate surface area is 122 Å². The van der Waals surface area contributed by atoms with E-state index in [1.54, 1.807) is 24.3 Å². The standard InChI is InChI=1S/C15H20N2O2S/c1-3-12(2)20(19)10-4-5-15(18)17-14-8-6-13(11-16)7-9-14/h6-9,12H,3-5,10H2,1-2H3,(H,17,18). The number of carbonyl (C=O) groups excluding carboxylic acids is 1. The summed E-state index contributed by atoms with van der Waals surface area (Å²) < 4.78 is 11.7. The number of nitriles is 1. The molecular weight excluding hydrogens is 272 g/mol. The maximum atomic E-state index is 11.7. The Morgan fingerprint density at radius 2 is 2.05 bits per heavy atom. The second-order valence-electron chi connectivity index (χ2n) is 4.64. The lowest BCUT2D eigenvalue weighted by molar-refractivity contribution is -0.116. The van der Waals surface area contributed by atoms with Crippen molar-refractivity contribution in [3.05, 3.63) is 29.8 Å². The third-order valence-electron chi connectivity index (χ3n) is 3.07. The van der Waals surface area contributed by atoms with Gasteiger partial charge in [-0.05, 0) is 37.1 Å². The lowest BCUT2D eigenvalue weighted by Crippen LogP contribution is -2.16. The Morgan fingerprint density at radius 3 is 2.60 bits per heavy atom. The number of hydrogen-bond acceptors (Lipinski definition) is 3. The van der Waals surface area contributed by atoms with Gasteiger partial charge in [-0.25, -0.2) is 0 Å². The van der Waals surface area contributed by atoms with Gasteiger partial charge in [-0.2, -0.15) is 5.26 Å². The third kappa shape index (κ3) is 5.54. The van der Waals surface area contributed by atoms with E-state index in [1.807, 2.05) is 19.9 Å². The van der Waals surface area contributed by atoms with Crippen molar-refractivity contribution in [2.45, 2.75) is 38.4 Å². The molecule has 0 aliphatic carbocycles. The molecule has 108 valence electrons. The second kappa shape index (κ2) is 8.49. The highest BCUT2D eigenvalue weighted by atomic mass is 32.2. The van der Waals surface area contributed by atoms with Crippen LogP contribution in [0.5, 0.6) is 0 Å². The molecule has 0 fully saturated rings. The van der Waals surface area contributed by atoms with Gasteiger partial charge in [-0.1, -0.05) is 13.8 Å². The quantitative estimate of drug-likeness (QED) is 0.840. The first kappa shape index (κ1) is 16.4. The highest BCUT2D eigenvalue weighted by Crippen LogP contribution is 2.10. The van der Waals surface area contributed by atoms with Crippen molar-refractivity contribution in [2.75, 3.05) is 11.1 Å². The van der Waals surface area contributed by atoms with E-state index in [1.165, 1.54) is 0 Å². The molecule has 0 bridgehead atoms. The molecule has 0 heterocycles. The van der Waals surface area contributed by atoms with Gasteiger partial charge in [-0.15, -0.1) is 0 Å². The zero-order chi connectivity index (χ0) is 15.0. The van der Waals surface area contributed by atoms with Crippen molar-refractivity contribution in [3.8, 4) is 6.07 Å². The number of nitrogens with one attached hydrogen (secondary N) is 1. The Kier molecular flexibility index (Phi) is 6.96. The van der Waals surface area contributed by atoms with Gasteiger partial charge in [-0.3, -0.25) is 9.00 Å². The topological polar surface area (TPSA) is 70.0 Å². The fourth-order valence-corrected chi connectivity index (χ4v) is 2.82. The van der Waals surface area contributed by atoms with Crippen molar-refractivity contribution in [3.63, 3.8) is 0 Å². The normalized spacial score (nSPS) is 13.2. The number of hydrogen-bond donors (Lipinski definition) is 1. The fraction of sp³-hybridized carbons (Fsp3) is 0.467. The number of anilines is 1. The van der Waals surface area contributed by atoms with E-state index in [0.29, 0.717) is 29.8 Å². The van der Waals surface area contributed by atoms with Gasteiger partial charge in [0.1, 0.15) is 0 Å². The highest BCUT2D eigenvalue weighted by Gasteiger charge is 2.09. The number of nitrogens with zero attached hydrogens (tertiary/aromatic N) is 1. The van der Waals surface area contributed by atoms with E-state index < -0.39 is 10.8 Å². The van der Waals surface area contributed by atoms with Crippen LogP contribution in [0.25, 0.3) is 0 Å². The average Bonchev–Trinajstić information content (AvgIpc) is 2.47. The summed E-state index contributed by atoms with van der Waals surface area (Å²) in [6, 6.07) is 8.75. The van der Waals surface area contributed by atoms with E-state index in [2.05, 4.69) is 5.32 Å². The van der Waals surface area contributed by atoms with Crippen LogP contribution in [-0.4, -0.2) is 21.1 Å². The van der Waals surface area contributed by atoms with Gasteiger partial charge in [0.15, 0.2) is 0 Å². The van der Waals surface area contributed by atoms with Gasteiger partial charge in [0.25, 0.3) is 0 Å². The molecule has 1 N–H and O–H groups in total. The van der Waals surface area contributed by atoms with Crippen molar-refractivity contribution in [2.24, 2.45) is 0 Å². The lowest BCUT2D eigenvalue weighted by atomic mass is 10.2. The van der Waals surface area contributed by atoms with Crippen molar-refractivity contribution in [1.29, 1.82) is 5.26 Å². The van der Waals surface area contributed by atoms with Crippen LogP contribution >= 0.6 is 0 Å². The summed E-state index contributed by atoms with van der Waals surface area (Å²) in [4.78, 5) is 11.7. The minimum atomic E-state index is -0.848. The molecule has 20 heavy (non-hydrogen) atoms. The summed E-state index contributed by atoms with van der Waals surface area (Å²) in [5, 5.41) is 11.6. The molecule has 2 unspecified atom stereocenters. The summed E-state index contributed by atoms with van der Waals surface area (Å²) in [6.07, 6.45) is 1.88. The lowest BCUT2D eigenvalue weighted by Gasteiger charge is -2.08. The van der Waals surface area contributed by atoms with Gasteiger partial charge >= 0.3 is 0 Å². The van der Waals surface area contributed by atoms with Crippen LogP contribution in [0, 0.1) is 11.3 Å². The van der Waals surface area contributed by atoms with Gasteiger partial charge in [0, 0.05) is 33.9 Å². The zero-order valence-electron chi connectivity index (χ0n) is 11.9. The summed E-state index contributed by atoms with van der Waals surface area (Å²) >= 11 is 0. The molecule has 0 saturated carbocycles. The van der Waals surface area contributed by atoms with Gasteiger partial charge in [0.2, 0.25) is 5.91 Å². The van der Waals surface area contributed by atoms with E-state index in [-0.39, 0.29) is 11.2 Å². The maximum Gasteiger partial charge on any atom is 0.224 e. The van der Waals surface area contributed by atoms with Crippen LogP contribution in [0.2, 0.25) is 0 Å². The zero-order valence-corrected chi connectivity index (χ0v) is 12.7. The van der Waals surface area contributed by atoms with Crippen LogP contribution in [0.1, 0.15) is 38.7 Å². The first-order valence-electron chi connectivity index (χ1n) is 6.74. The summed E-state index contributed by atoms with van der Waals surface area (Å²) in [7, 11) is -0.848. The van der Waals surface area contributed by atoms with Crippen LogP contribution < -0.4 is 5.32 Å². The molecule has 0 aliphatic rings. The van der Waals surface area contributed by atoms with Crippen LogP contribution in [0.3, 0.4) is 0 Å².